The molecule has 4 rings (SSSR count). The van der Waals surface area contributed by atoms with Crippen LogP contribution in [0.15, 0.2) is 35.7 Å². The lowest BCUT2D eigenvalue weighted by molar-refractivity contribution is -0.136. The third-order valence-corrected chi connectivity index (χ3v) is 6.00. The highest BCUT2D eigenvalue weighted by Crippen LogP contribution is 2.37. The standard InChI is InChI=1S/C21H22F3N3OS/c1-13-10-16(14(2)27(13)11-15-6-5-9-28-15)19-12-29-20(26-19)25-18-8-4-3-7-17(18)21(22,23)24/h3-4,7-8,10,12,15H,5-6,9,11H2,1-2H3,(H,25,26). The van der Waals surface area contributed by atoms with Gasteiger partial charge in [0.1, 0.15) is 0 Å². The van der Waals surface area contributed by atoms with Gasteiger partial charge in [0.2, 0.25) is 0 Å². The van der Waals surface area contributed by atoms with Crippen molar-refractivity contribution in [1.82, 2.24) is 9.55 Å². The first kappa shape index (κ1) is 20.0. The monoisotopic (exact) mass is 421 g/mol. The van der Waals surface area contributed by atoms with Crippen molar-refractivity contribution >= 4 is 22.2 Å². The fourth-order valence-corrected chi connectivity index (χ4v) is 4.47. The molecule has 2 aromatic heterocycles. The number of nitrogens with one attached hydrogen (secondary N) is 1. The minimum atomic E-state index is -4.42. The van der Waals surface area contributed by atoms with Gasteiger partial charge in [-0.3, -0.25) is 0 Å². The van der Waals surface area contributed by atoms with Crippen molar-refractivity contribution in [2.45, 2.75) is 45.5 Å². The summed E-state index contributed by atoms with van der Waals surface area (Å²) in [5.74, 6) is 0. The maximum Gasteiger partial charge on any atom is 0.418 e. The van der Waals surface area contributed by atoms with Gasteiger partial charge in [0.25, 0.3) is 0 Å². The normalized spacial score (nSPS) is 17.1. The van der Waals surface area contributed by atoms with E-state index in [1.54, 1.807) is 6.07 Å². The Balaban J connectivity index is 1.57. The van der Waals surface area contributed by atoms with E-state index in [1.165, 1.54) is 23.5 Å². The van der Waals surface area contributed by atoms with Gasteiger partial charge in [-0.05, 0) is 44.9 Å². The zero-order valence-corrected chi connectivity index (χ0v) is 17.0. The van der Waals surface area contributed by atoms with Crippen LogP contribution in [0, 0.1) is 13.8 Å². The third-order valence-electron chi connectivity index (χ3n) is 5.24. The summed E-state index contributed by atoms with van der Waals surface area (Å²) in [4.78, 5) is 4.54. The van der Waals surface area contributed by atoms with Gasteiger partial charge in [-0.25, -0.2) is 4.98 Å². The molecule has 0 aliphatic carbocycles. The lowest BCUT2D eigenvalue weighted by Crippen LogP contribution is -2.16. The van der Waals surface area contributed by atoms with Gasteiger partial charge in [-0.1, -0.05) is 12.1 Å². The smallest absolute Gasteiger partial charge is 0.376 e. The van der Waals surface area contributed by atoms with E-state index >= 15 is 0 Å². The average molecular weight is 421 g/mol. The molecule has 154 valence electrons. The van der Waals surface area contributed by atoms with E-state index in [0.29, 0.717) is 5.13 Å². The molecule has 0 spiro atoms. The molecule has 0 radical (unpaired) electrons. The average Bonchev–Trinajstić information content (AvgIpc) is 3.39. The van der Waals surface area contributed by atoms with Gasteiger partial charge in [0, 0.05) is 35.5 Å². The molecule has 1 saturated heterocycles. The first-order valence-corrected chi connectivity index (χ1v) is 10.4. The predicted octanol–water partition coefficient (Wildman–Crippen LogP) is 6.17. The maximum atomic E-state index is 13.2. The summed E-state index contributed by atoms with van der Waals surface area (Å²) in [6, 6.07) is 7.51. The molecule has 1 atom stereocenters. The van der Waals surface area contributed by atoms with Gasteiger partial charge in [0.05, 0.1) is 23.0 Å². The summed E-state index contributed by atoms with van der Waals surface area (Å²) in [6.07, 6.45) is -2.02. The molecule has 3 aromatic rings. The predicted molar refractivity (Wildman–Crippen MR) is 109 cm³/mol. The third kappa shape index (κ3) is 4.18. The summed E-state index contributed by atoms with van der Waals surface area (Å²) >= 11 is 1.29. The van der Waals surface area contributed by atoms with Gasteiger partial charge >= 0.3 is 6.18 Å². The molecule has 1 aliphatic rings. The van der Waals surface area contributed by atoms with Crippen molar-refractivity contribution in [1.29, 1.82) is 0 Å². The van der Waals surface area contributed by atoms with Crippen molar-refractivity contribution < 1.29 is 17.9 Å². The molecule has 0 saturated carbocycles. The SMILES string of the molecule is Cc1cc(-c2csc(Nc3ccccc3C(F)(F)F)n2)c(C)n1CC1CCCO1. The molecule has 1 aromatic carbocycles. The summed E-state index contributed by atoms with van der Waals surface area (Å²) < 4.78 is 47.6. The Morgan fingerprint density at radius 3 is 2.79 bits per heavy atom. The minimum Gasteiger partial charge on any atom is -0.376 e. The number of hydrogen-bond acceptors (Lipinski definition) is 4. The first-order chi connectivity index (χ1) is 13.8. The highest BCUT2D eigenvalue weighted by atomic mass is 32.1. The fraction of sp³-hybridized carbons (Fsp3) is 0.381. The number of rotatable bonds is 5. The second kappa shape index (κ2) is 7.84. The number of halogens is 3. The molecule has 0 bridgehead atoms. The van der Waals surface area contributed by atoms with Gasteiger partial charge in [0.15, 0.2) is 5.13 Å². The number of nitrogens with zero attached hydrogens (tertiary/aromatic N) is 2. The number of benzene rings is 1. The highest BCUT2D eigenvalue weighted by Gasteiger charge is 2.33. The molecular weight excluding hydrogens is 399 g/mol. The largest absolute Gasteiger partial charge is 0.418 e. The van der Waals surface area contributed by atoms with Crippen molar-refractivity contribution in [3.8, 4) is 11.3 Å². The van der Waals surface area contributed by atoms with Crippen molar-refractivity contribution in [3.05, 3.63) is 52.7 Å². The lowest BCUT2D eigenvalue weighted by Gasteiger charge is -2.14. The van der Waals surface area contributed by atoms with Crippen LogP contribution in [-0.2, 0) is 17.5 Å². The van der Waals surface area contributed by atoms with Gasteiger partial charge in [-0.15, -0.1) is 11.3 Å². The fourth-order valence-electron chi connectivity index (χ4n) is 3.74. The van der Waals surface area contributed by atoms with E-state index in [4.69, 9.17) is 4.74 Å². The summed E-state index contributed by atoms with van der Waals surface area (Å²) in [6.45, 7) is 5.72. The van der Waals surface area contributed by atoms with Crippen LogP contribution in [0.5, 0.6) is 0 Å². The number of alkyl halides is 3. The van der Waals surface area contributed by atoms with Gasteiger partial charge in [-0.2, -0.15) is 13.2 Å². The molecule has 1 N–H and O–H groups in total. The topological polar surface area (TPSA) is 39.1 Å². The van der Waals surface area contributed by atoms with Crippen molar-refractivity contribution in [2.75, 3.05) is 11.9 Å². The number of anilines is 2. The summed E-state index contributed by atoms with van der Waals surface area (Å²) in [5, 5.41) is 5.13. The van der Waals surface area contributed by atoms with E-state index < -0.39 is 11.7 Å². The van der Waals surface area contributed by atoms with Crippen LogP contribution >= 0.6 is 11.3 Å². The Morgan fingerprint density at radius 1 is 1.28 bits per heavy atom. The molecule has 1 fully saturated rings. The summed E-state index contributed by atoms with van der Waals surface area (Å²) in [7, 11) is 0. The summed E-state index contributed by atoms with van der Waals surface area (Å²) in [5.41, 5.74) is 3.27. The van der Waals surface area contributed by atoms with Crippen molar-refractivity contribution in [2.24, 2.45) is 0 Å². The van der Waals surface area contributed by atoms with E-state index in [9.17, 15) is 13.2 Å². The van der Waals surface area contributed by atoms with Crippen LogP contribution in [0.4, 0.5) is 24.0 Å². The number of aromatic nitrogens is 2. The van der Waals surface area contributed by atoms with E-state index in [-0.39, 0.29) is 11.8 Å². The second-order valence-corrected chi connectivity index (χ2v) is 8.09. The number of para-hydroxylation sites is 1. The zero-order valence-electron chi connectivity index (χ0n) is 16.2. The molecular formula is C21H22F3N3OS. The van der Waals surface area contributed by atoms with Crippen LogP contribution in [0.1, 0.15) is 29.8 Å². The molecule has 8 heteroatoms. The quantitative estimate of drug-likeness (QED) is 0.535. The van der Waals surface area contributed by atoms with E-state index in [2.05, 4.69) is 27.9 Å². The van der Waals surface area contributed by atoms with Crippen LogP contribution in [0.3, 0.4) is 0 Å². The first-order valence-electron chi connectivity index (χ1n) is 9.50. The van der Waals surface area contributed by atoms with Crippen molar-refractivity contribution in [3.63, 3.8) is 0 Å². The van der Waals surface area contributed by atoms with E-state index in [0.717, 1.165) is 54.7 Å². The van der Waals surface area contributed by atoms with Gasteiger partial charge < -0.3 is 14.6 Å². The zero-order chi connectivity index (χ0) is 20.6. The lowest BCUT2D eigenvalue weighted by atomic mass is 10.1. The molecule has 1 unspecified atom stereocenters. The minimum absolute atomic E-state index is 0.00440. The number of hydrogen-bond donors (Lipinski definition) is 1. The Kier molecular flexibility index (Phi) is 5.40. The molecule has 0 amide bonds. The Morgan fingerprint density at radius 2 is 2.07 bits per heavy atom. The Hall–Kier alpha value is -2.32. The molecule has 29 heavy (non-hydrogen) atoms. The van der Waals surface area contributed by atoms with Crippen LogP contribution in [0.25, 0.3) is 11.3 Å². The number of thiazole rings is 1. The highest BCUT2D eigenvalue weighted by molar-refractivity contribution is 7.14. The van der Waals surface area contributed by atoms with Crippen LogP contribution < -0.4 is 5.32 Å². The molecule has 4 nitrogen and oxygen atoms in total. The van der Waals surface area contributed by atoms with Crippen LogP contribution in [0.2, 0.25) is 0 Å². The molecule has 1 aliphatic heterocycles. The Bertz CT molecular complexity index is 1000. The number of aryl methyl sites for hydroxylation is 1. The Labute approximate surface area is 171 Å². The number of ether oxygens (including phenoxy) is 1. The molecule has 3 heterocycles. The maximum absolute atomic E-state index is 13.2. The second-order valence-electron chi connectivity index (χ2n) is 7.24. The van der Waals surface area contributed by atoms with Crippen LogP contribution in [-0.4, -0.2) is 22.3 Å². The van der Waals surface area contributed by atoms with E-state index in [1.807, 2.05) is 12.3 Å².